The Bertz CT molecular complexity index is 402. The first-order chi connectivity index (χ1) is 9.70. The van der Waals surface area contributed by atoms with Crippen LogP contribution in [0.1, 0.15) is 6.42 Å². The molecule has 1 aliphatic rings. The maximum atomic E-state index is 13.1. The predicted octanol–water partition coefficient (Wildman–Crippen LogP) is 2.03. The van der Waals surface area contributed by atoms with Gasteiger partial charge in [-0.05, 0) is 6.42 Å². The summed E-state index contributed by atoms with van der Waals surface area (Å²) >= 11 is 2.92. The molecule has 2 rings (SSSR count). The lowest BCUT2D eigenvalue weighted by atomic mass is 10.2. The third-order valence-corrected chi connectivity index (χ3v) is 5.17. The van der Waals surface area contributed by atoms with Crippen LogP contribution in [0.15, 0.2) is 4.34 Å². The molecule has 1 N–H and O–H groups in total. The number of rotatable bonds is 7. The Labute approximate surface area is 125 Å². The number of hydrogen-bond donors (Lipinski definition) is 1. The van der Waals surface area contributed by atoms with Gasteiger partial charge in [-0.15, -0.1) is 10.2 Å². The molecule has 1 aromatic heterocycles. The minimum Gasteiger partial charge on any atom is -0.379 e. The largest absolute Gasteiger partial charge is 0.379 e. The highest BCUT2D eigenvalue weighted by Gasteiger charge is 2.28. The van der Waals surface area contributed by atoms with Gasteiger partial charge >= 0.3 is 0 Å². The van der Waals surface area contributed by atoms with Crippen LogP contribution in [0.5, 0.6) is 0 Å². The highest BCUT2D eigenvalue weighted by Crippen LogP contribution is 2.27. The minimum atomic E-state index is -2.32. The first-order valence-corrected chi connectivity index (χ1v) is 8.25. The zero-order valence-electron chi connectivity index (χ0n) is 11.2. The number of anilines is 1. The molecule has 0 bridgehead atoms. The number of nitrogens with one attached hydrogen (secondary N) is 1. The van der Waals surface area contributed by atoms with Gasteiger partial charge in [0.05, 0.1) is 19.3 Å². The second kappa shape index (κ2) is 8.06. The lowest BCUT2D eigenvalue weighted by molar-refractivity contribution is -0.0340. The smallest absolute Gasteiger partial charge is 0.253 e. The Morgan fingerprint density at radius 1 is 1.40 bits per heavy atom. The second-order valence-corrected chi connectivity index (χ2v) is 6.63. The number of ether oxygens (including phenoxy) is 1. The van der Waals surface area contributed by atoms with E-state index in [0.29, 0.717) is 38.5 Å². The van der Waals surface area contributed by atoms with Gasteiger partial charge in [0.15, 0.2) is 4.34 Å². The van der Waals surface area contributed by atoms with Gasteiger partial charge in [0.1, 0.15) is 0 Å². The average Bonchev–Trinajstić information content (AvgIpc) is 2.92. The molecule has 1 saturated heterocycles. The molecule has 9 heteroatoms. The van der Waals surface area contributed by atoms with Crippen LogP contribution >= 0.6 is 23.1 Å². The van der Waals surface area contributed by atoms with Crippen molar-refractivity contribution in [1.82, 2.24) is 15.1 Å². The van der Waals surface area contributed by atoms with Gasteiger partial charge in [0.25, 0.3) is 6.43 Å². The summed E-state index contributed by atoms with van der Waals surface area (Å²) in [6.07, 6.45) is -1.88. The third-order valence-electron chi connectivity index (χ3n) is 3.07. The lowest BCUT2D eigenvalue weighted by Crippen LogP contribution is -2.47. The van der Waals surface area contributed by atoms with Crippen LogP contribution < -0.4 is 5.32 Å². The molecule has 20 heavy (non-hydrogen) atoms. The van der Waals surface area contributed by atoms with Crippen LogP contribution in [0.2, 0.25) is 0 Å². The molecule has 1 atom stereocenters. The van der Waals surface area contributed by atoms with Crippen molar-refractivity contribution in [3.63, 3.8) is 0 Å². The van der Waals surface area contributed by atoms with Gasteiger partial charge in [-0.2, -0.15) is 0 Å². The van der Waals surface area contributed by atoms with E-state index in [1.165, 1.54) is 23.1 Å². The van der Waals surface area contributed by atoms with Crippen molar-refractivity contribution < 1.29 is 13.5 Å². The number of alkyl halides is 2. The van der Waals surface area contributed by atoms with Crippen LogP contribution in [0.3, 0.4) is 0 Å². The number of thioether (sulfide) groups is 1. The van der Waals surface area contributed by atoms with E-state index in [-0.39, 0.29) is 0 Å². The number of aromatic nitrogens is 2. The zero-order valence-corrected chi connectivity index (χ0v) is 12.9. The Morgan fingerprint density at radius 3 is 2.75 bits per heavy atom. The Hall–Kier alpha value is -0.510. The Balaban J connectivity index is 1.79. The van der Waals surface area contributed by atoms with Crippen LogP contribution in [0, 0.1) is 0 Å². The topological polar surface area (TPSA) is 50.3 Å². The number of halogens is 2. The fraction of sp³-hybridized carbons (Fsp3) is 0.818. The maximum Gasteiger partial charge on any atom is 0.253 e. The molecule has 0 amide bonds. The molecule has 0 aromatic carbocycles. The van der Waals surface area contributed by atoms with E-state index in [9.17, 15) is 8.78 Å². The SMILES string of the molecule is CNc1nnc(SCCC(C(F)F)N2CCOCC2)s1. The number of nitrogens with zero attached hydrogens (tertiary/aromatic N) is 3. The van der Waals surface area contributed by atoms with Gasteiger partial charge < -0.3 is 10.1 Å². The van der Waals surface area contributed by atoms with Gasteiger partial charge in [0.2, 0.25) is 5.13 Å². The van der Waals surface area contributed by atoms with E-state index in [1.807, 2.05) is 4.90 Å². The normalized spacial score (nSPS) is 18.4. The summed E-state index contributed by atoms with van der Waals surface area (Å²) in [7, 11) is 1.78. The van der Waals surface area contributed by atoms with E-state index in [1.54, 1.807) is 7.05 Å². The first-order valence-electron chi connectivity index (χ1n) is 6.44. The van der Waals surface area contributed by atoms with Gasteiger partial charge in [-0.25, -0.2) is 8.78 Å². The van der Waals surface area contributed by atoms with E-state index in [2.05, 4.69) is 15.5 Å². The van der Waals surface area contributed by atoms with Crippen molar-refractivity contribution >= 4 is 28.2 Å². The standard InChI is InChI=1S/C11H18F2N4OS2/c1-14-10-15-16-11(20-10)19-7-2-8(9(12)13)17-3-5-18-6-4-17/h8-9H,2-7H2,1H3,(H,14,15). The van der Waals surface area contributed by atoms with Gasteiger partial charge in [-0.1, -0.05) is 23.1 Å². The molecular weight excluding hydrogens is 306 g/mol. The predicted molar refractivity (Wildman–Crippen MR) is 77.0 cm³/mol. The molecule has 0 saturated carbocycles. The lowest BCUT2D eigenvalue weighted by Gasteiger charge is -2.33. The van der Waals surface area contributed by atoms with Gasteiger partial charge in [-0.3, -0.25) is 4.90 Å². The summed E-state index contributed by atoms with van der Waals surface area (Å²) in [6.45, 7) is 2.25. The molecule has 114 valence electrons. The highest BCUT2D eigenvalue weighted by molar-refractivity contribution is 8.01. The first kappa shape index (κ1) is 15.9. The van der Waals surface area contributed by atoms with Crippen molar-refractivity contribution in [3.8, 4) is 0 Å². The zero-order chi connectivity index (χ0) is 14.4. The molecular formula is C11H18F2N4OS2. The van der Waals surface area contributed by atoms with E-state index in [4.69, 9.17) is 4.74 Å². The van der Waals surface area contributed by atoms with E-state index >= 15 is 0 Å². The summed E-state index contributed by atoms with van der Waals surface area (Å²) in [5, 5.41) is 11.6. The van der Waals surface area contributed by atoms with E-state index < -0.39 is 12.5 Å². The second-order valence-electron chi connectivity index (χ2n) is 4.31. The summed E-state index contributed by atoms with van der Waals surface area (Å²) in [5.74, 6) is 0.616. The Kier molecular flexibility index (Phi) is 6.40. The van der Waals surface area contributed by atoms with Crippen LogP contribution in [-0.2, 0) is 4.74 Å². The molecule has 0 radical (unpaired) electrons. The number of hydrogen-bond acceptors (Lipinski definition) is 7. The fourth-order valence-corrected chi connectivity index (χ4v) is 3.80. The molecule has 2 heterocycles. The molecule has 1 aromatic rings. The van der Waals surface area contributed by atoms with Crippen LogP contribution in [-0.4, -0.2) is 66.7 Å². The highest BCUT2D eigenvalue weighted by atomic mass is 32.2. The molecule has 5 nitrogen and oxygen atoms in total. The molecule has 1 unspecified atom stereocenters. The quantitative estimate of drug-likeness (QED) is 0.775. The Morgan fingerprint density at radius 2 is 2.15 bits per heavy atom. The average molecular weight is 324 g/mol. The summed E-state index contributed by atoms with van der Waals surface area (Å²) in [5.41, 5.74) is 0. The monoisotopic (exact) mass is 324 g/mol. The van der Waals surface area contributed by atoms with Gasteiger partial charge in [0, 0.05) is 25.9 Å². The fourth-order valence-electron chi connectivity index (χ4n) is 2.01. The van der Waals surface area contributed by atoms with Crippen molar-refractivity contribution in [2.45, 2.75) is 23.2 Å². The van der Waals surface area contributed by atoms with Crippen molar-refractivity contribution in [3.05, 3.63) is 0 Å². The van der Waals surface area contributed by atoms with Crippen molar-refractivity contribution in [2.75, 3.05) is 44.4 Å². The van der Waals surface area contributed by atoms with Crippen molar-refractivity contribution in [2.24, 2.45) is 0 Å². The van der Waals surface area contributed by atoms with Crippen LogP contribution in [0.25, 0.3) is 0 Å². The molecule has 1 aliphatic heterocycles. The number of morpholine rings is 1. The summed E-state index contributed by atoms with van der Waals surface area (Å²) < 4.78 is 32.3. The molecule has 0 spiro atoms. The molecule has 0 aliphatic carbocycles. The van der Waals surface area contributed by atoms with Crippen LogP contribution in [0.4, 0.5) is 13.9 Å². The summed E-state index contributed by atoms with van der Waals surface area (Å²) in [4.78, 5) is 1.83. The molecule has 1 fully saturated rings. The maximum absolute atomic E-state index is 13.1. The summed E-state index contributed by atoms with van der Waals surface area (Å²) in [6, 6.07) is -0.692. The third kappa shape index (κ3) is 4.51. The van der Waals surface area contributed by atoms with Crippen molar-refractivity contribution in [1.29, 1.82) is 0 Å². The minimum absolute atomic E-state index is 0.441. The van der Waals surface area contributed by atoms with E-state index in [0.717, 1.165) is 9.47 Å².